The second kappa shape index (κ2) is 6.49. The van der Waals surface area contributed by atoms with Crippen molar-refractivity contribution < 1.29 is 4.79 Å². The molecule has 2 N–H and O–H groups in total. The number of carbonyl (C=O) groups is 1. The molecule has 122 valence electrons. The van der Waals surface area contributed by atoms with Crippen molar-refractivity contribution in [2.45, 2.75) is 49.6 Å². The Bertz CT molecular complexity index is 838. The summed E-state index contributed by atoms with van der Waals surface area (Å²) >= 11 is 2.84. The molecule has 1 amide bonds. The Morgan fingerprint density at radius 2 is 2.26 bits per heavy atom. The predicted molar refractivity (Wildman–Crippen MR) is 95.2 cm³/mol. The van der Waals surface area contributed by atoms with Gasteiger partial charge >= 0.3 is 0 Å². The quantitative estimate of drug-likeness (QED) is 0.511. The van der Waals surface area contributed by atoms with E-state index in [4.69, 9.17) is 5.73 Å². The Hall–Kier alpha value is -1.60. The number of allylic oxidation sites excluding steroid dienone is 1. The Kier molecular flexibility index (Phi) is 4.59. The van der Waals surface area contributed by atoms with Crippen LogP contribution >= 0.6 is 23.1 Å². The number of fused-ring (bicyclic) bond motifs is 3. The van der Waals surface area contributed by atoms with Gasteiger partial charge in [0.15, 0.2) is 5.16 Å². The van der Waals surface area contributed by atoms with E-state index in [0.29, 0.717) is 11.7 Å². The van der Waals surface area contributed by atoms with Gasteiger partial charge in [-0.2, -0.15) is 0 Å². The van der Waals surface area contributed by atoms with Gasteiger partial charge in [-0.1, -0.05) is 17.8 Å². The molecule has 1 aliphatic carbocycles. The zero-order valence-corrected chi connectivity index (χ0v) is 14.6. The molecule has 1 aliphatic rings. The summed E-state index contributed by atoms with van der Waals surface area (Å²) in [5, 5.41) is 0.847. The number of nitrogens with two attached hydrogens (primary N) is 1. The van der Waals surface area contributed by atoms with E-state index in [-0.39, 0.29) is 5.56 Å². The Labute approximate surface area is 142 Å². The largest absolute Gasteiger partial charge is 0.369 e. The first-order valence-corrected chi connectivity index (χ1v) is 9.34. The average molecular weight is 349 g/mol. The SMILES string of the molecule is C=CCn1c(S[C@H](C)C(N)=O)nc2sc3c(c2c1=O)CCCC3. The molecule has 0 aromatic carbocycles. The third kappa shape index (κ3) is 2.95. The molecule has 0 unspecified atom stereocenters. The van der Waals surface area contributed by atoms with Gasteiger partial charge in [0, 0.05) is 11.4 Å². The lowest BCUT2D eigenvalue weighted by Gasteiger charge is -2.13. The number of amides is 1. The van der Waals surface area contributed by atoms with Gasteiger partial charge < -0.3 is 5.73 Å². The third-order valence-corrected chi connectivity index (χ3v) is 6.33. The Balaban J connectivity index is 2.19. The van der Waals surface area contributed by atoms with Crippen molar-refractivity contribution in [3.05, 3.63) is 33.4 Å². The monoisotopic (exact) mass is 349 g/mol. The fourth-order valence-electron chi connectivity index (χ4n) is 2.82. The van der Waals surface area contributed by atoms with E-state index in [9.17, 15) is 9.59 Å². The summed E-state index contributed by atoms with van der Waals surface area (Å²) in [6.07, 6.45) is 5.94. The highest BCUT2D eigenvalue weighted by molar-refractivity contribution is 8.00. The summed E-state index contributed by atoms with van der Waals surface area (Å²) in [4.78, 5) is 31.1. The summed E-state index contributed by atoms with van der Waals surface area (Å²) in [6.45, 7) is 5.82. The van der Waals surface area contributed by atoms with Crippen LogP contribution in [0.2, 0.25) is 0 Å². The number of carbonyl (C=O) groups excluding carboxylic acids is 1. The molecular weight excluding hydrogens is 330 g/mol. The van der Waals surface area contributed by atoms with Crippen molar-refractivity contribution in [3.8, 4) is 0 Å². The minimum absolute atomic E-state index is 0.0338. The van der Waals surface area contributed by atoms with Crippen LogP contribution in [0.15, 0.2) is 22.6 Å². The second-order valence-electron chi connectivity index (χ2n) is 5.65. The molecule has 2 aromatic heterocycles. The summed E-state index contributed by atoms with van der Waals surface area (Å²) in [5.41, 5.74) is 6.48. The van der Waals surface area contributed by atoms with Gasteiger partial charge in [-0.3, -0.25) is 14.2 Å². The summed E-state index contributed by atoms with van der Waals surface area (Å²) < 4.78 is 1.60. The number of primary amides is 1. The first-order valence-electron chi connectivity index (χ1n) is 7.65. The molecule has 5 nitrogen and oxygen atoms in total. The van der Waals surface area contributed by atoms with Gasteiger partial charge in [-0.15, -0.1) is 17.9 Å². The van der Waals surface area contributed by atoms with E-state index >= 15 is 0 Å². The first kappa shape index (κ1) is 16.3. The molecule has 7 heteroatoms. The van der Waals surface area contributed by atoms with Gasteiger partial charge in [-0.05, 0) is 38.2 Å². The topological polar surface area (TPSA) is 78.0 Å². The normalized spacial score (nSPS) is 15.3. The van der Waals surface area contributed by atoms with Crippen LogP contribution in [0.5, 0.6) is 0 Å². The highest BCUT2D eigenvalue weighted by Crippen LogP contribution is 2.35. The molecule has 0 saturated carbocycles. The van der Waals surface area contributed by atoms with Crippen molar-refractivity contribution in [2.75, 3.05) is 0 Å². The summed E-state index contributed by atoms with van der Waals surface area (Å²) in [7, 11) is 0. The fourth-order valence-corrected chi connectivity index (χ4v) is 4.99. The van der Waals surface area contributed by atoms with Gasteiger partial charge in [0.25, 0.3) is 5.56 Å². The smallest absolute Gasteiger partial charge is 0.263 e. The predicted octanol–water partition coefficient (Wildman–Crippen LogP) is 2.49. The Morgan fingerprint density at radius 1 is 1.52 bits per heavy atom. The maximum Gasteiger partial charge on any atom is 0.263 e. The minimum atomic E-state index is -0.440. The third-order valence-electron chi connectivity index (χ3n) is 4.03. The number of thioether (sulfide) groups is 1. The van der Waals surface area contributed by atoms with E-state index in [1.165, 1.54) is 28.6 Å². The number of hydrogen-bond donors (Lipinski definition) is 1. The minimum Gasteiger partial charge on any atom is -0.369 e. The lowest BCUT2D eigenvalue weighted by molar-refractivity contribution is -0.117. The van der Waals surface area contributed by atoms with Crippen LogP contribution in [-0.4, -0.2) is 20.7 Å². The van der Waals surface area contributed by atoms with Gasteiger partial charge in [0.1, 0.15) is 4.83 Å². The van der Waals surface area contributed by atoms with E-state index in [1.54, 1.807) is 28.9 Å². The number of thiophene rings is 1. The molecule has 0 spiro atoms. The summed E-state index contributed by atoms with van der Waals surface area (Å²) in [6, 6.07) is 0. The zero-order valence-electron chi connectivity index (χ0n) is 13.0. The van der Waals surface area contributed by atoms with Crippen LogP contribution in [0.3, 0.4) is 0 Å². The molecular formula is C16H19N3O2S2. The number of nitrogens with zero attached hydrogens (tertiary/aromatic N) is 2. The molecule has 0 radical (unpaired) electrons. The molecule has 0 bridgehead atoms. The van der Waals surface area contributed by atoms with Crippen LogP contribution in [0.25, 0.3) is 10.2 Å². The molecule has 2 heterocycles. The molecule has 3 rings (SSSR count). The number of hydrogen-bond acceptors (Lipinski definition) is 5. The Morgan fingerprint density at radius 3 is 2.96 bits per heavy atom. The van der Waals surface area contributed by atoms with Gasteiger partial charge in [0.05, 0.1) is 10.6 Å². The highest BCUT2D eigenvalue weighted by Gasteiger charge is 2.23. The van der Waals surface area contributed by atoms with Crippen LogP contribution in [0, 0.1) is 0 Å². The van der Waals surface area contributed by atoms with E-state index in [1.807, 2.05) is 0 Å². The molecule has 0 fully saturated rings. The lowest BCUT2D eigenvalue weighted by atomic mass is 9.97. The fraction of sp³-hybridized carbons (Fsp3) is 0.438. The molecule has 0 saturated heterocycles. The van der Waals surface area contributed by atoms with Gasteiger partial charge in [-0.25, -0.2) is 4.98 Å². The highest BCUT2D eigenvalue weighted by atomic mass is 32.2. The first-order chi connectivity index (χ1) is 11.0. The number of aryl methyl sites for hydroxylation is 2. The van der Waals surface area contributed by atoms with E-state index < -0.39 is 11.2 Å². The van der Waals surface area contributed by atoms with E-state index in [2.05, 4.69) is 11.6 Å². The standard InChI is InChI=1S/C16H19N3O2S2/c1-3-8-19-15(21)12-10-6-4-5-7-11(10)23-14(12)18-16(19)22-9(2)13(17)20/h3,9H,1,4-8H2,2H3,(H2,17,20)/t9-/m1/s1. The average Bonchev–Trinajstić information content (AvgIpc) is 2.89. The molecule has 0 aliphatic heterocycles. The van der Waals surface area contributed by atoms with Crippen LogP contribution in [-0.2, 0) is 24.2 Å². The number of aromatic nitrogens is 2. The van der Waals surface area contributed by atoms with Crippen molar-refractivity contribution in [1.82, 2.24) is 9.55 Å². The van der Waals surface area contributed by atoms with Crippen LogP contribution in [0.1, 0.15) is 30.2 Å². The molecule has 23 heavy (non-hydrogen) atoms. The van der Waals surface area contributed by atoms with Crippen molar-refractivity contribution in [1.29, 1.82) is 0 Å². The molecule has 2 aromatic rings. The maximum absolute atomic E-state index is 13.0. The van der Waals surface area contributed by atoms with Gasteiger partial charge in [0.2, 0.25) is 5.91 Å². The number of rotatable bonds is 5. The molecule has 1 atom stereocenters. The van der Waals surface area contributed by atoms with Crippen LogP contribution < -0.4 is 11.3 Å². The maximum atomic E-state index is 13.0. The van der Waals surface area contributed by atoms with E-state index in [0.717, 1.165) is 29.5 Å². The second-order valence-corrected chi connectivity index (χ2v) is 8.04. The van der Waals surface area contributed by atoms with Crippen molar-refractivity contribution in [2.24, 2.45) is 5.73 Å². The van der Waals surface area contributed by atoms with Crippen molar-refractivity contribution >= 4 is 39.2 Å². The summed E-state index contributed by atoms with van der Waals surface area (Å²) in [5.74, 6) is -0.417. The van der Waals surface area contributed by atoms with Crippen molar-refractivity contribution in [3.63, 3.8) is 0 Å². The lowest BCUT2D eigenvalue weighted by Crippen LogP contribution is -2.27. The van der Waals surface area contributed by atoms with Crippen LogP contribution in [0.4, 0.5) is 0 Å². The zero-order chi connectivity index (χ0) is 16.6.